The fourth-order valence-electron chi connectivity index (χ4n) is 1.77. The van der Waals surface area contributed by atoms with Crippen LogP contribution in [0.25, 0.3) is 0 Å². The summed E-state index contributed by atoms with van der Waals surface area (Å²) >= 11 is 5.72. The predicted octanol–water partition coefficient (Wildman–Crippen LogP) is 3.43. The Hall–Kier alpha value is -2.18. The monoisotopic (exact) mass is 310 g/mol. The predicted molar refractivity (Wildman–Crippen MR) is 76.7 cm³/mol. The minimum absolute atomic E-state index is 0.0106. The summed E-state index contributed by atoms with van der Waals surface area (Å²) in [7, 11) is 0. The highest BCUT2D eigenvalue weighted by Crippen LogP contribution is 2.25. The van der Waals surface area contributed by atoms with E-state index in [1.165, 1.54) is 30.3 Å². The molecular weight excluding hydrogens is 299 g/mol. The van der Waals surface area contributed by atoms with Crippen LogP contribution in [-0.2, 0) is 13.2 Å². The fourth-order valence-corrected chi connectivity index (χ4v) is 1.94. The van der Waals surface area contributed by atoms with E-state index in [2.05, 4.69) is 0 Å². The summed E-state index contributed by atoms with van der Waals surface area (Å²) in [5.74, 6) is -0.550. The van der Waals surface area contributed by atoms with Gasteiger partial charge in [-0.15, -0.1) is 0 Å². The van der Waals surface area contributed by atoms with E-state index in [4.69, 9.17) is 22.1 Å². The molecule has 2 aromatic rings. The lowest BCUT2D eigenvalue weighted by Crippen LogP contribution is -2.03. The van der Waals surface area contributed by atoms with Gasteiger partial charge < -0.3 is 10.5 Å². The first kappa shape index (κ1) is 15.2. The molecule has 0 fully saturated rings. The number of ether oxygens (including phenoxy) is 1. The van der Waals surface area contributed by atoms with Gasteiger partial charge in [-0.1, -0.05) is 17.7 Å². The number of benzene rings is 2. The number of nitro groups is 1. The molecule has 0 unspecified atom stereocenters. The number of halogens is 2. The van der Waals surface area contributed by atoms with E-state index < -0.39 is 10.7 Å². The molecule has 2 N–H and O–H groups in total. The highest BCUT2D eigenvalue weighted by molar-refractivity contribution is 6.30. The number of nitro benzene ring substituents is 1. The molecule has 7 heteroatoms. The molecule has 0 aromatic heterocycles. The van der Waals surface area contributed by atoms with Crippen LogP contribution in [0.3, 0.4) is 0 Å². The largest absolute Gasteiger partial charge is 0.486 e. The van der Waals surface area contributed by atoms with Crippen LogP contribution in [-0.4, -0.2) is 4.92 Å². The van der Waals surface area contributed by atoms with Gasteiger partial charge in [-0.2, -0.15) is 0 Å². The number of nitrogens with two attached hydrogens (primary N) is 1. The van der Waals surface area contributed by atoms with Gasteiger partial charge in [0.1, 0.15) is 6.61 Å². The van der Waals surface area contributed by atoms with Gasteiger partial charge in [0, 0.05) is 17.6 Å². The van der Waals surface area contributed by atoms with Crippen molar-refractivity contribution >= 4 is 17.3 Å². The molecule has 0 saturated heterocycles. The van der Waals surface area contributed by atoms with Crippen molar-refractivity contribution < 1.29 is 14.1 Å². The second-order valence-electron chi connectivity index (χ2n) is 4.29. The van der Waals surface area contributed by atoms with Crippen LogP contribution < -0.4 is 10.5 Å². The first-order valence-corrected chi connectivity index (χ1v) is 6.43. The molecule has 0 radical (unpaired) electrons. The molecule has 5 nitrogen and oxygen atoms in total. The Bertz CT molecular complexity index is 679. The zero-order valence-corrected chi connectivity index (χ0v) is 11.6. The van der Waals surface area contributed by atoms with E-state index in [-0.39, 0.29) is 29.6 Å². The lowest BCUT2D eigenvalue weighted by molar-refractivity contribution is -0.385. The van der Waals surface area contributed by atoms with Crippen molar-refractivity contribution in [3.8, 4) is 5.75 Å². The van der Waals surface area contributed by atoms with Crippen molar-refractivity contribution in [3.05, 3.63) is 68.5 Å². The van der Waals surface area contributed by atoms with Crippen LogP contribution in [0, 0.1) is 15.9 Å². The lowest BCUT2D eigenvalue weighted by atomic mass is 10.2. The van der Waals surface area contributed by atoms with Crippen molar-refractivity contribution in [2.75, 3.05) is 0 Å². The number of hydrogen-bond donors (Lipinski definition) is 1. The van der Waals surface area contributed by atoms with Gasteiger partial charge in [0.2, 0.25) is 0 Å². The summed E-state index contributed by atoms with van der Waals surface area (Å²) in [6.45, 7) is 0.0895. The Balaban J connectivity index is 2.18. The zero-order chi connectivity index (χ0) is 15.4. The molecule has 0 aliphatic carbocycles. The zero-order valence-electron chi connectivity index (χ0n) is 10.9. The summed E-state index contributed by atoms with van der Waals surface area (Å²) in [5, 5.41) is 11.2. The van der Waals surface area contributed by atoms with Gasteiger partial charge in [-0.25, -0.2) is 4.39 Å². The van der Waals surface area contributed by atoms with E-state index in [0.29, 0.717) is 11.1 Å². The van der Waals surface area contributed by atoms with E-state index >= 15 is 0 Å². The van der Waals surface area contributed by atoms with Gasteiger partial charge in [-0.3, -0.25) is 10.1 Å². The van der Waals surface area contributed by atoms with Gasteiger partial charge >= 0.3 is 0 Å². The first-order chi connectivity index (χ1) is 10.0. The standard InChI is InChI=1S/C14H12ClFN2O3/c15-11-3-2-10(13(6-11)18(19)20)8-21-14-4-1-9(7-17)5-12(14)16/h1-6H,7-8,17H2. The van der Waals surface area contributed by atoms with Crippen molar-refractivity contribution in [3.63, 3.8) is 0 Å². The van der Waals surface area contributed by atoms with Crippen LogP contribution in [0.2, 0.25) is 5.02 Å². The molecular formula is C14H12ClFN2O3. The molecule has 0 saturated carbocycles. The summed E-state index contributed by atoms with van der Waals surface area (Å²) in [4.78, 5) is 10.4. The average Bonchev–Trinajstić information content (AvgIpc) is 2.46. The molecule has 0 atom stereocenters. The fraction of sp³-hybridized carbons (Fsp3) is 0.143. The van der Waals surface area contributed by atoms with E-state index in [0.717, 1.165) is 0 Å². The molecule has 0 aliphatic heterocycles. The smallest absolute Gasteiger partial charge is 0.277 e. The average molecular weight is 311 g/mol. The summed E-state index contributed by atoms with van der Waals surface area (Å²) in [6, 6.07) is 8.57. The van der Waals surface area contributed by atoms with Gasteiger partial charge in [-0.05, 0) is 29.8 Å². The van der Waals surface area contributed by atoms with Crippen molar-refractivity contribution in [1.82, 2.24) is 0 Å². The topological polar surface area (TPSA) is 78.4 Å². The molecule has 0 amide bonds. The SMILES string of the molecule is NCc1ccc(OCc2ccc(Cl)cc2[N+](=O)[O-])c(F)c1. The summed E-state index contributed by atoms with van der Waals surface area (Å²) in [6.07, 6.45) is 0. The summed E-state index contributed by atoms with van der Waals surface area (Å²) in [5.41, 5.74) is 6.19. The third-order valence-electron chi connectivity index (χ3n) is 2.86. The van der Waals surface area contributed by atoms with Crippen LogP contribution in [0.5, 0.6) is 5.75 Å². The Morgan fingerprint density at radius 3 is 2.67 bits per heavy atom. The third-order valence-corrected chi connectivity index (χ3v) is 3.09. The van der Waals surface area contributed by atoms with Gasteiger partial charge in [0.25, 0.3) is 5.69 Å². The molecule has 110 valence electrons. The van der Waals surface area contributed by atoms with Gasteiger partial charge in [0.15, 0.2) is 11.6 Å². The maximum absolute atomic E-state index is 13.7. The third kappa shape index (κ3) is 3.68. The van der Waals surface area contributed by atoms with Crippen LogP contribution in [0.1, 0.15) is 11.1 Å². The Morgan fingerprint density at radius 1 is 1.29 bits per heavy atom. The maximum atomic E-state index is 13.7. The molecule has 21 heavy (non-hydrogen) atoms. The maximum Gasteiger partial charge on any atom is 0.277 e. The molecule has 2 rings (SSSR count). The van der Waals surface area contributed by atoms with E-state index in [1.54, 1.807) is 6.07 Å². The summed E-state index contributed by atoms with van der Waals surface area (Å²) < 4.78 is 19.0. The first-order valence-electron chi connectivity index (χ1n) is 6.05. The highest BCUT2D eigenvalue weighted by atomic mass is 35.5. The van der Waals surface area contributed by atoms with Crippen LogP contribution in [0.4, 0.5) is 10.1 Å². The second kappa shape index (κ2) is 6.51. The number of hydrogen-bond acceptors (Lipinski definition) is 4. The van der Waals surface area contributed by atoms with Crippen molar-refractivity contribution in [2.45, 2.75) is 13.2 Å². The van der Waals surface area contributed by atoms with E-state index in [1.807, 2.05) is 0 Å². The molecule has 2 aromatic carbocycles. The Labute approximate surface area is 125 Å². The lowest BCUT2D eigenvalue weighted by Gasteiger charge is -2.09. The van der Waals surface area contributed by atoms with Crippen molar-refractivity contribution in [2.24, 2.45) is 5.73 Å². The normalized spacial score (nSPS) is 10.4. The second-order valence-corrected chi connectivity index (χ2v) is 4.72. The number of rotatable bonds is 5. The quantitative estimate of drug-likeness (QED) is 0.678. The van der Waals surface area contributed by atoms with Gasteiger partial charge in [0.05, 0.1) is 10.5 Å². The minimum atomic E-state index is -0.561. The molecule has 0 heterocycles. The molecule has 0 bridgehead atoms. The van der Waals surface area contributed by atoms with E-state index in [9.17, 15) is 14.5 Å². The minimum Gasteiger partial charge on any atom is -0.486 e. The van der Waals surface area contributed by atoms with Crippen molar-refractivity contribution in [1.29, 1.82) is 0 Å². The Morgan fingerprint density at radius 2 is 2.05 bits per heavy atom. The van der Waals surface area contributed by atoms with Crippen LogP contribution >= 0.6 is 11.6 Å². The molecule has 0 aliphatic rings. The Kier molecular flexibility index (Phi) is 4.72. The number of nitrogens with zero attached hydrogens (tertiary/aromatic N) is 1. The van der Waals surface area contributed by atoms with Crippen LogP contribution in [0.15, 0.2) is 36.4 Å². The molecule has 0 spiro atoms. The highest BCUT2D eigenvalue weighted by Gasteiger charge is 2.15.